The molecule has 2 amide bonds. The molecule has 0 aromatic heterocycles. The van der Waals surface area contributed by atoms with Gasteiger partial charge in [-0.3, -0.25) is 14.5 Å². The fraction of sp³-hybridized carbons (Fsp3) is 0.538. The highest BCUT2D eigenvalue weighted by Crippen LogP contribution is 2.65. The minimum atomic E-state index is -1.90. The maximum Gasteiger partial charge on any atom is 0.278 e. The summed E-state index contributed by atoms with van der Waals surface area (Å²) >= 11 is 0. The van der Waals surface area contributed by atoms with Crippen molar-refractivity contribution in [1.29, 1.82) is 0 Å². The van der Waals surface area contributed by atoms with Crippen LogP contribution in [0.1, 0.15) is 58.1 Å². The second-order valence-electron chi connectivity index (χ2n) is 11.4. The molecular weight excluding hydrogens is 434 g/mol. The summed E-state index contributed by atoms with van der Waals surface area (Å²) in [4.78, 5) is 30.3. The van der Waals surface area contributed by atoms with Gasteiger partial charge in [-0.1, -0.05) is 26.0 Å². The monoisotopic (exact) mass is 465 g/mol. The van der Waals surface area contributed by atoms with E-state index in [4.69, 9.17) is 4.74 Å². The molecule has 3 N–H and O–H groups in total. The smallest absolute Gasteiger partial charge is 0.278 e. The number of anilines is 1. The van der Waals surface area contributed by atoms with Crippen molar-refractivity contribution in [3.63, 3.8) is 0 Å². The lowest BCUT2D eigenvalue weighted by molar-refractivity contribution is -0.201. The van der Waals surface area contributed by atoms with Gasteiger partial charge in [0.25, 0.3) is 5.91 Å². The Bertz CT molecular complexity index is 1210. The Labute approximate surface area is 198 Å². The molecule has 0 saturated carbocycles. The Kier molecular flexibility index (Phi) is 3.85. The SMILES string of the molecule is C=CC(C)(C)[C@@]12Nc3c(ccc4c3C=CC(C)(C)O4)[C@]1(O)C[C@H]1C(=O)N3CCC[C@]3(O)C(=O)N12. The average Bonchev–Trinajstić information content (AvgIpc) is 3.37. The molecule has 4 atom stereocenters. The van der Waals surface area contributed by atoms with Gasteiger partial charge in [0.2, 0.25) is 11.6 Å². The van der Waals surface area contributed by atoms with Crippen LogP contribution in [0.3, 0.4) is 0 Å². The van der Waals surface area contributed by atoms with Crippen molar-refractivity contribution >= 4 is 23.6 Å². The van der Waals surface area contributed by atoms with Crippen LogP contribution in [-0.4, -0.2) is 61.4 Å². The van der Waals surface area contributed by atoms with Crippen molar-refractivity contribution in [2.45, 2.75) is 75.6 Å². The van der Waals surface area contributed by atoms with Gasteiger partial charge in [-0.05, 0) is 38.5 Å². The van der Waals surface area contributed by atoms with Crippen LogP contribution in [-0.2, 0) is 15.2 Å². The van der Waals surface area contributed by atoms with Crippen molar-refractivity contribution in [2.75, 3.05) is 11.9 Å². The number of aliphatic hydroxyl groups is 2. The highest BCUT2D eigenvalue weighted by molar-refractivity contribution is 6.02. The van der Waals surface area contributed by atoms with Gasteiger partial charge in [-0.2, -0.15) is 0 Å². The molecule has 1 aromatic carbocycles. The maximum absolute atomic E-state index is 14.0. The van der Waals surface area contributed by atoms with Crippen LogP contribution < -0.4 is 10.1 Å². The fourth-order valence-corrected chi connectivity index (χ4v) is 6.87. The number of rotatable bonds is 2. The van der Waals surface area contributed by atoms with Gasteiger partial charge in [-0.15, -0.1) is 6.58 Å². The molecule has 34 heavy (non-hydrogen) atoms. The number of carbonyl (C=O) groups is 2. The maximum atomic E-state index is 14.0. The minimum Gasteiger partial charge on any atom is -0.483 e. The summed E-state index contributed by atoms with van der Waals surface area (Å²) in [6.07, 6.45) is 6.38. The predicted molar refractivity (Wildman–Crippen MR) is 126 cm³/mol. The molecular formula is C26H31N3O5. The van der Waals surface area contributed by atoms with Crippen molar-refractivity contribution < 1.29 is 24.5 Å². The minimum absolute atomic E-state index is 0.0241. The summed E-state index contributed by atoms with van der Waals surface area (Å²) in [6.45, 7) is 12.0. The number of nitrogens with zero attached hydrogens (tertiary/aromatic N) is 2. The van der Waals surface area contributed by atoms with Gasteiger partial charge in [0.15, 0.2) is 5.66 Å². The van der Waals surface area contributed by atoms with E-state index >= 15 is 0 Å². The number of carbonyl (C=O) groups excluding carboxylic acids is 2. The largest absolute Gasteiger partial charge is 0.483 e. The van der Waals surface area contributed by atoms with E-state index in [0.717, 1.165) is 5.56 Å². The highest BCUT2D eigenvalue weighted by Gasteiger charge is 2.78. The zero-order valence-electron chi connectivity index (χ0n) is 20.0. The molecule has 5 heterocycles. The number of amides is 2. The summed E-state index contributed by atoms with van der Waals surface area (Å²) < 4.78 is 6.15. The van der Waals surface area contributed by atoms with Gasteiger partial charge in [0.05, 0.1) is 5.69 Å². The summed E-state index contributed by atoms with van der Waals surface area (Å²) in [7, 11) is 0. The van der Waals surface area contributed by atoms with Gasteiger partial charge >= 0.3 is 0 Å². The third-order valence-electron chi connectivity index (χ3n) is 8.65. The van der Waals surface area contributed by atoms with Gasteiger partial charge in [0.1, 0.15) is 23.0 Å². The summed E-state index contributed by atoms with van der Waals surface area (Å²) in [5, 5.41) is 27.4. The van der Waals surface area contributed by atoms with Crippen LogP contribution in [0.25, 0.3) is 6.08 Å². The first-order valence-electron chi connectivity index (χ1n) is 11.9. The van der Waals surface area contributed by atoms with E-state index in [-0.39, 0.29) is 18.7 Å². The van der Waals surface area contributed by atoms with E-state index < -0.39 is 40.0 Å². The Morgan fingerprint density at radius 1 is 1.26 bits per heavy atom. The van der Waals surface area contributed by atoms with Gasteiger partial charge < -0.3 is 25.2 Å². The van der Waals surface area contributed by atoms with Crippen molar-refractivity contribution in [3.8, 4) is 5.75 Å². The summed E-state index contributed by atoms with van der Waals surface area (Å²) in [6, 6.07) is 2.76. The van der Waals surface area contributed by atoms with E-state index in [1.807, 2.05) is 52.0 Å². The molecule has 5 aliphatic rings. The second kappa shape index (κ2) is 6.04. The van der Waals surface area contributed by atoms with Gasteiger partial charge in [0, 0.05) is 35.9 Å². The van der Waals surface area contributed by atoms with E-state index in [1.54, 1.807) is 6.08 Å². The molecule has 1 aromatic rings. The molecule has 8 nitrogen and oxygen atoms in total. The highest BCUT2D eigenvalue weighted by atomic mass is 16.5. The molecule has 0 aliphatic carbocycles. The Morgan fingerprint density at radius 3 is 2.71 bits per heavy atom. The van der Waals surface area contributed by atoms with Crippen LogP contribution in [0.2, 0.25) is 0 Å². The molecule has 180 valence electrons. The average molecular weight is 466 g/mol. The van der Waals surface area contributed by atoms with Crippen molar-refractivity contribution in [1.82, 2.24) is 9.80 Å². The van der Waals surface area contributed by atoms with E-state index in [1.165, 1.54) is 9.80 Å². The first-order valence-corrected chi connectivity index (χ1v) is 11.9. The van der Waals surface area contributed by atoms with Crippen LogP contribution >= 0.6 is 0 Å². The third kappa shape index (κ3) is 2.17. The van der Waals surface area contributed by atoms with E-state index in [2.05, 4.69) is 11.9 Å². The molecule has 5 aliphatic heterocycles. The first kappa shape index (κ1) is 21.7. The van der Waals surface area contributed by atoms with E-state index in [9.17, 15) is 19.8 Å². The number of ether oxygens (including phenoxy) is 1. The topological polar surface area (TPSA) is 102 Å². The lowest BCUT2D eigenvalue weighted by Gasteiger charge is -2.55. The van der Waals surface area contributed by atoms with Crippen LogP contribution in [0, 0.1) is 5.41 Å². The molecule has 8 heteroatoms. The number of fused-ring (bicyclic) bond motifs is 8. The Morgan fingerprint density at radius 2 is 2.00 bits per heavy atom. The number of hydrogen-bond acceptors (Lipinski definition) is 6. The number of benzene rings is 1. The third-order valence-corrected chi connectivity index (χ3v) is 8.65. The van der Waals surface area contributed by atoms with Crippen molar-refractivity contribution in [2.24, 2.45) is 5.41 Å². The number of piperazine rings is 1. The standard InChI is InChI=1S/C26H31N3O5/c1-6-22(2,3)26-24(32,14-17-20(30)28-13-7-11-25(28,33)21(31)29(17)26)16-8-9-18-15(19(16)27-26)10-12-23(4,5)34-18/h6,8-10,12,17,27,32-33H,1,7,11,13-14H2,2-5H3/t17-,24+,25-,26-/m0/s1. The molecule has 0 radical (unpaired) electrons. The lowest BCUT2D eigenvalue weighted by atomic mass is 9.68. The second-order valence-corrected chi connectivity index (χ2v) is 11.4. The molecule has 3 fully saturated rings. The molecule has 0 bridgehead atoms. The zero-order chi connectivity index (χ0) is 24.5. The summed E-state index contributed by atoms with van der Waals surface area (Å²) in [5.41, 5.74) is -4.21. The van der Waals surface area contributed by atoms with Crippen LogP contribution in [0.5, 0.6) is 5.75 Å². The van der Waals surface area contributed by atoms with E-state index in [0.29, 0.717) is 30.0 Å². The predicted octanol–water partition coefficient (Wildman–Crippen LogP) is 2.32. The molecule has 0 spiro atoms. The number of nitrogens with one attached hydrogen (secondary N) is 1. The quantitative estimate of drug-likeness (QED) is 0.580. The molecule has 0 unspecified atom stereocenters. The lowest BCUT2D eigenvalue weighted by Crippen LogP contribution is -2.76. The number of hydrogen-bond donors (Lipinski definition) is 3. The van der Waals surface area contributed by atoms with Gasteiger partial charge in [-0.25, -0.2) is 0 Å². The molecule has 6 rings (SSSR count). The Hall–Kier alpha value is -2.84. The molecule has 3 saturated heterocycles. The zero-order valence-corrected chi connectivity index (χ0v) is 20.0. The summed E-state index contributed by atoms with van der Waals surface area (Å²) in [5.74, 6) is -0.206. The Balaban J connectivity index is 1.60. The van der Waals surface area contributed by atoms with Crippen molar-refractivity contribution in [3.05, 3.63) is 42.0 Å². The first-order chi connectivity index (χ1) is 15.8. The van der Waals surface area contributed by atoms with Crippen LogP contribution in [0.4, 0.5) is 5.69 Å². The van der Waals surface area contributed by atoms with Crippen LogP contribution in [0.15, 0.2) is 30.9 Å². The normalized spacial score (nSPS) is 36.8. The fourth-order valence-electron chi connectivity index (χ4n) is 6.87.